The summed E-state index contributed by atoms with van der Waals surface area (Å²) in [6, 6.07) is 0. The van der Waals surface area contributed by atoms with Crippen LogP contribution < -0.4 is 0 Å². The van der Waals surface area contributed by atoms with E-state index in [4.69, 9.17) is 14.2 Å². The van der Waals surface area contributed by atoms with Gasteiger partial charge in [-0.3, -0.25) is 14.4 Å². The van der Waals surface area contributed by atoms with Crippen molar-refractivity contribution >= 4 is 17.9 Å². The van der Waals surface area contributed by atoms with E-state index < -0.39 is 6.10 Å². The van der Waals surface area contributed by atoms with Crippen molar-refractivity contribution in [2.45, 2.75) is 284 Å². The van der Waals surface area contributed by atoms with Crippen LogP contribution in [0.3, 0.4) is 0 Å². The van der Waals surface area contributed by atoms with Crippen LogP contribution in [0.25, 0.3) is 0 Å². The van der Waals surface area contributed by atoms with Crippen LogP contribution in [-0.4, -0.2) is 37.2 Å². The molecule has 0 saturated heterocycles. The van der Waals surface area contributed by atoms with Gasteiger partial charge in [-0.05, 0) is 38.5 Å². The number of allylic oxidation sites excluding steroid dienone is 2. The first kappa shape index (κ1) is 55.2. The summed E-state index contributed by atoms with van der Waals surface area (Å²) in [4.78, 5) is 37.8. The molecule has 0 aliphatic heterocycles. The minimum atomic E-state index is -0.765. The normalized spacial score (nSPS) is 12.0. The Hall–Kier alpha value is -1.85. The highest BCUT2D eigenvalue weighted by atomic mass is 16.6. The third kappa shape index (κ3) is 45.1. The van der Waals surface area contributed by atoms with E-state index in [1.807, 2.05) is 0 Å². The Morgan fingerprint density at radius 2 is 0.596 bits per heavy atom. The van der Waals surface area contributed by atoms with E-state index in [1.54, 1.807) is 0 Å². The molecule has 6 nitrogen and oxygen atoms in total. The van der Waals surface area contributed by atoms with E-state index in [0.29, 0.717) is 19.3 Å². The van der Waals surface area contributed by atoms with Crippen molar-refractivity contribution in [2.75, 3.05) is 13.2 Å². The van der Waals surface area contributed by atoms with E-state index in [0.717, 1.165) is 64.2 Å². The van der Waals surface area contributed by atoms with Gasteiger partial charge in [0.1, 0.15) is 13.2 Å². The van der Waals surface area contributed by atoms with E-state index in [2.05, 4.69) is 32.9 Å². The van der Waals surface area contributed by atoms with Gasteiger partial charge in [0.15, 0.2) is 6.10 Å². The van der Waals surface area contributed by atoms with Gasteiger partial charge in [-0.2, -0.15) is 0 Å². The quantitative estimate of drug-likeness (QED) is 0.0264. The van der Waals surface area contributed by atoms with Gasteiger partial charge in [-0.25, -0.2) is 0 Å². The highest BCUT2D eigenvalue weighted by Gasteiger charge is 2.19. The maximum absolute atomic E-state index is 12.8. The maximum atomic E-state index is 12.8. The van der Waals surface area contributed by atoms with Crippen LogP contribution in [-0.2, 0) is 28.6 Å². The molecule has 0 saturated carbocycles. The highest BCUT2D eigenvalue weighted by Crippen LogP contribution is 2.16. The van der Waals surface area contributed by atoms with Crippen LogP contribution in [0.4, 0.5) is 0 Å². The number of carbonyl (C=O) groups excluding carboxylic acids is 3. The van der Waals surface area contributed by atoms with Crippen LogP contribution in [0.1, 0.15) is 278 Å². The minimum absolute atomic E-state index is 0.0676. The van der Waals surface area contributed by atoms with E-state index >= 15 is 0 Å². The van der Waals surface area contributed by atoms with Crippen LogP contribution in [0.2, 0.25) is 0 Å². The Morgan fingerprint density at radius 3 is 0.930 bits per heavy atom. The number of esters is 3. The molecule has 0 radical (unpaired) electrons. The van der Waals surface area contributed by atoms with Crippen molar-refractivity contribution in [1.29, 1.82) is 0 Å². The molecule has 57 heavy (non-hydrogen) atoms. The van der Waals surface area contributed by atoms with Gasteiger partial charge in [0, 0.05) is 19.3 Å². The molecule has 0 fully saturated rings. The fourth-order valence-corrected chi connectivity index (χ4v) is 7.42. The van der Waals surface area contributed by atoms with Gasteiger partial charge >= 0.3 is 17.9 Å². The van der Waals surface area contributed by atoms with Gasteiger partial charge in [-0.1, -0.05) is 232 Å². The van der Waals surface area contributed by atoms with Gasteiger partial charge in [0.2, 0.25) is 0 Å². The van der Waals surface area contributed by atoms with Crippen molar-refractivity contribution in [3.8, 4) is 0 Å². The number of ether oxygens (including phenoxy) is 3. The Balaban J connectivity index is 4.30. The van der Waals surface area contributed by atoms with Gasteiger partial charge in [0.05, 0.1) is 0 Å². The lowest BCUT2D eigenvalue weighted by Gasteiger charge is -2.18. The third-order valence-electron chi connectivity index (χ3n) is 11.3. The van der Waals surface area contributed by atoms with Crippen LogP contribution >= 0.6 is 0 Å². The topological polar surface area (TPSA) is 78.9 Å². The zero-order valence-corrected chi connectivity index (χ0v) is 38.4. The molecule has 0 N–H and O–H groups in total. The number of hydrogen-bond acceptors (Lipinski definition) is 6. The summed E-state index contributed by atoms with van der Waals surface area (Å²) >= 11 is 0. The number of rotatable bonds is 46. The molecule has 1 atom stereocenters. The molecule has 0 bridgehead atoms. The standard InChI is InChI=1S/C51H96O6/c1-4-7-10-13-16-19-22-23-24-25-26-27-30-33-36-39-42-45-51(54)57-48(46-55-49(52)43-40-37-34-31-28-20-17-14-11-8-5-2)47-56-50(53)44-41-38-35-32-29-21-18-15-12-9-6-3/h14,17,48H,4-13,15-16,18-47H2,1-3H3/b17-14-/t48-/m1/s1. The Morgan fingerprint density at radius 1 is 0.333 bits per heavy atom. The number of carbonyl (C=O) groups is 3. The second-order valence-electron chi connectivity index (χ2n) is 17.1. The molecular weight excluding hydrogens is 709 g/mol. The van der Waals surface area contributed by atoms with Crippen molar-refractivity contribution in [3.05, 3.63) is 12.2 Å². The predicted molar refractivity (Wildman–Crippen MR) is 243 cm³/mol. The average Bonchev–Trinajstić information content (AvgIpc) is 3.21. The molecule has 0 aromatic heterocycles. The van der Waals surface area contributed by atoms with Crippen LogP contribution in [0.5, 0.6) is 0 Å². The van der Waals surface area contributed by atoms with E-state index in [1.165, 1.54) is 173 Å². The summed E-state index contributed by atoms with van der Waals surface area (Å²) in [5.41, 5.74) is 0. The molecule has 0 amide bonds. The van der Waals surface area contributed by atoms with Crippen molar-refractivity contribution in [3.63, 3.8) is 0 Å². The van der Waals surface area contributed by atoms with Crippen molar-refractivity contribution in [1.82, 2.24) is 0 Å². The lowest BCUT2D eigenvalue weighted by molar-refractivity contribution is -0.167. The minimum Gasteiger partial charge on any atom is -0.462 e. The van der Waals surface area contributed by atoms with Gasteiger partial charge < -0.3 is 14.2 Å². The van der Waals surface area contributed by atoms with Crippen LogP contribution in [0.15, 0.2) is 12.2 Å². The summed E-state index contributed by atoms with van der Waals surface area (Å²) in [5, 5.41) is 0. The lowest BCUT2D eigenvalue weighted by atomic mass is 10.0. The summed E-state index contributed by atoms with van der Waals surface area (Å²) in [5.74, 6) is -0.864. The summed E-state index contributed by atoms with van der Waals surface area (Å²) < 4.78 is 16.8. The Bertz CT molecular complexity index is 885. The maximum Gasteiger partial charge on any atom is 0.306 e. The monoisotopic (exact) mass is 805 g/mol. The summed E-state index contributed by atoms with van der Waals surface area (Å²) in [6.07, 6.45) is 50.5. The first-order valence-corrected chi connectivity index (χ1v) is 25.2. The second kappa shape index (κ2) is 46.8. The van der Waals surface area contributed by atoms with E-state index in [9.17, 15) is 14.4 Å². The smallest absolute Gasteiger partial charge is 0.306 e. The molecule has 0 heterocycles. The third-order valence-corrected chi connectivity index (χ3v) is 11.3. The molecule has 0 aromatic rings. The van der Waals surface area contributed by atoms with Gasteiger partial charge in [0.25, 0.3) is 0 Å². The molecule has 0 rings (SSSR count). The summed E-state index contributed by atoms with van der Waals surface area (Å²) in [7, 11) is 0. The molecule has 0 spiro atoms. The van der Waals surface area contributed by atoms with Crippen molar-refractivity contribution < 1.29 is 28.6 Å². The molecule has 0 aliphatic carbocycles. The first-order valence-electron chi connectivity index (χ1n) is 25.2. The predicted octanol–water partition coefficient (Wildman–Crippen LogP) is 16.2. The Kier molecular flexibility index (Phi) is 45.3. The zero-order valence-electron chi connectivity index (χ0n) is 38.4. The average molecular weight is 805 g/mol. The number of hydrogen-bond donors (Lipinski definition) is 0. The lowest BCUT2D eigenvalue weighted by Crippen LogP contribution is -2.30. The molecule has 0 unspecified atom stereocenters. The van der Waals surface area contributed by atoms with Gasteiger partial charge in [-0.15, -0.1) is 0 Å². The van der Waals surface area contributed by atoms with E-state index in [-0.39, 0.29) is 31.1 Å². The molecule has 6 heteroatoms. The molecular formula is C51H96O6. The second-order valence-corrected chi connectivity index (χ2v) is 17.1. The first-order chi connectivity index (χ1) is 28.0. The number of unbranched alkanes of at least 4 members (excludes halogenated alkanes) is 33. The largest absolute Gasteiger partial charge is 0.462 e. The SMILES string of the molecule is CCCC/C=C\CCCCCCCC(=O)OC[C@H](COC(=O)CCCCCCCCCCCCC)OC(=O)CCCCCCCCCCCCCCCCCCC. The highest BCUT2D eigenvalue weighted by molar-refractivity contribution is 5.71. The molecule has 0 aliphatic rings. The molecule has 0 aromatic carbocycles. The van der Waals surface area contributed by atoms with Crippen molar-refractivity contribution in [2.24, 2.45) is 0 Å². The molecule has 336 valence electrons. The van der Waals surface area contributed by atoms with Crippen LogP contribution in [0, 0.1) is 0 Å². The Labute approximate surface area is 354 Å². The fraction of sp³-hybridized carbons (Fsp3) is 0.902. The summed E-state index contributed by atoms with van der Waals surface area (Å²) in [6.45, 7) is 6.62. The zero-order chi connectivity index (χ0) is 41.5. The fourth-order valence-electron chi connectivity index (χ4n) is 7.42.